The first-order valence-electron chi connectivity index (χ1n) is 8.47. The van der Waals surface area contributed by atoms with Crippen molar-refractivity contribution in [2.75, 3.05) is 6.54 Å². The van der Waals surface area contributed by atoms with Crippen molar-refractivity contribution >= 4 is 11.8 Å². The van der Waals surface area contributed by atoms with Gasteiger partial charge in [-0.05, 0) is 51.4 Å². The van der Waals surface area contributed by atoms with Gasteiger partial charge in [-0.25, -0.2) is 0 Å². The molecule has 1 aliphatic carbocycles. The van der Waals surface area contributed by atoms with Gasteiger partial charge in [0.15, 0.2) is 0 Å². The normalized spacial score (nSPS) is 30.0. The summed E-state index contributed by atoms with van der Waals surface area (Å²) in [7, 11) is 0. The summed E-state index contributed by atoms with van der Waals surface area (Å²) >= 11 is 0. The Hall–Kier alpha value is -1.10. The molecule has 120 valence electrons. The number of carbonyl (C=O) groups is 2. The molecule has 2 rings (SSSR count). The van der Waals surface area contributed by atoms with Crippen LogP contribution in [0.5, 0.6) is 0 Å². The van der Waals surface area contributed by atoms with E-state index in [1.54, 1.807) is 4.90 Å². The van der Waals surface area contributed by atoms with Crippen LogP contribution in [-0.2, 0) is 9.59 Å². The zero-order valence-corrected chi connectivity index (χ0v) is 13.1. The molecule has 0 radical (unpaired) electrons. The maximum absolute atomic E-state index is 12.5. The van der Waals surface area contributed by atoms with Gasteiger partial charge < -0.3 is 16.0 Å². The van der Waals surface area contributed by atoms with Gasteiger partial charge in [-0.15, -0.1) is 0 Å². The monoisotopic (exact) mass is 295 g/mol. The Morgan fingerprint density at radius 1 is 1.14 bits per heavy atom. The molecule has 2 fully saturated rings. The van der Waals surface area contributed by atoms with Crippen molar-refractivity contribution in [2.24, 2.45) is 5.73 Å². The zero-order valence-electron chi connectivity index (χ0n) is 13.1. The second kappa shape index (κ2) is 7.78. The van der Waals surface area contributed by atoms with Crippen LogP contribution < -0.4 is 11.1 Å². The Kier molecular flexibility index (Phi) is 6.03. The Morgan fingerprint density at radius 3 is 2.52 bits per heavy atom. The molecule has 5 nitrogen and oxygen atoms in total. The number of hydrogen-bond donors (Lipinski definition) is 2. The molecular formula is C16H29N3O2. The Labute approximate surface area is 127 Å². The van der Waals surface area contributed by atoms with Crippen molar-refractivity contribution in [3.05, 3.63) is 0 Å². The van der Waals surface area contributed by atoms with Crippen LogP contribution >= 0.6 is 0 Å². The van der Waals surface area contributed by atoms with Crippen LogP contribution in [0.2, 0.25) is 0 Å². The van der Waals surface area contributed by atoms with Gasteiger partial charge in [0, 0.05) is 25.0 Å². The van der Waals surface area contributed by atoms with Crippen molar-refractivity contribution in [1.82, 2.24) is 10.2 Å². The first kappa shape index (κ1) is 16.3. The summed E-state index contributed by atoms with van der Waals surface area (Å²) in [5.74, 6) is 0.169. The molecule has 0 aromatic heterocycles. The number of rotatable bonds is 4. The average Bonchev–Trinajstić information content (AvgIpc) is 2.50. The van der Waals surface area contributed by atoms with Gasteiger partial charge in [-0.3, -0.25) is 9.59 Å². The Morgan fingerprint density at radius 2 is 1.86 bits per heavy atom. The quantitative estimate of drug-likeness (QED) is 0.826. The molecule has 1 atom stereocenters. The third-order valence-electron chi connectivity index (χ3n) is 4.71. The van der Waals surface area contributed by atoms with E-state index >= 15 is 0 Å². The molecule has 1 aliphatic heterocycles. The number of hydrogen-bond acceptors (Lipinski definition) is 3. The van der Waals surface area contributed by atoms with Gasteiger partial charge >= 0.3 is 0 Å². The summed E-state index contributed by atoms with van der Waals surface area (Å²) in [6, 6.07) is 0.270. The van der Waals surface area contributed by atoms with Crippen molar-refractivity contribution in [2.45, 2.75) is 82.8 Å². The fraction of sp³-hybridized carbons (Fsp3) is 0.875. The highest BCUT2D eigenvalue weighted by Gasteiger charge is 2.33. The molecule has 1 heterocycles. The minimum absolute atomic E-state index is 0.0413. The summed E-state index contributed by atoms with van der Waals surface area (Å²) in [6.07, 6.45) is 8.11. The maximum atomic E-state index is 12.5. The molecule has 1 saturated heterocycles. The van der Waals surface area contributed by atoms with Crippen LogP contribution in [0.25, 0.3) is 0 Å². The predicted octanol–water partition coefficient (Wildman–Crippen LogP) is 1.55. The van der Waals surface area contributed by atoms with E-state index in [-0.39, 0.29) is 29.9 Å². The molecule has 5 heteroatoms. The van der Waals surface area contributed by atoms with Crippen molar-refractivity contribution in [3.63, 3.8) is 0 Å². The zero-order chi connectivity index (χ0) is 15.2. The highest BCUT2D eigenvalue weighted by Crippen LogP contribution is 2.21. The van der Waals surface area contributed by atoms with E-state index in [1.807, 2.05) is 6.92 Å². The smallest absolute Gasteiger partial charge is 0.243 e. The maximum Gasteiger partial charge on any atom is 0.243 e. The molecule has 0 spiro atoms. The lowest BCUT2D eigenvalue weighted by molar-refractivity contribution is -0.142. The van der Waals surface area contributed by atoms with Crippen molar-refractivity contribution in [3.8, 4) is 0 Å². The summed E-state index contributed by atoms with van der Waals surface area (Å²) in [5, 5.41) is 3.15. The molecule has 1 unspecified atom stereocenters. The van der Waals surface area contributed by atoms with E-state index in [2.05, 4.69) is 5.32 Å². The van der Waals surface area contributed by atoms with E-state index in [0.29, 0.717) is 6.42 Å². The van der Waals surface area contributed by atoms with Gasteiger partial charge in [0.05, 0.1) is 0 Å². The van der Waals surface area contributed by atoms with Gasteiger partial charge in [0.25, 0.3) is 0 Å². The second-order valence-corrected chi connectivity index (χ2v) is 6.47. The minimum atomic E-state index is -0.256. The molecule has 2 amide bonds. The highest BCUT2D eigenvalue weighted by atomic mass is 16.2. The van der Waals surface area contributed by atoms with Crippen LogP contribution in [0.15, 0.2) is 0 Å². The number of nitrogens with two attached hydrogens (primary N) is 1. The molecule has 1 saturated carbocycles. The fourth-order valence-corrected chi connectivity index (χ4v) is 3.42. The van der Waals surface area contributed by atoms with E-state index in [9.17, 15) is 9.59 Å². The summed E-state index contributed by atoms with van der Waals surface area (Å²) in [6.45, 7) is 2.73. The van der Waals surface area contributed by atoms with Gasteiger partial charge in [0.1, 0.15) is 6.04 Å². The van der Waals surface area contributed by atoms with Crippen LogP contribution in [0.4, 0.5) is 0 Å². The number of amides is 2. The SMILES string of the molecule is CCCC(=O)N1CCCCC1C(=O)NC1CCC(N)CC1. The van der Waals surface area contributed by atoms with Crippen LogP contribution in [0.1, 0.15) is 64.7 Å². The number of nitrogens with zero attached hydrogens (tertiary/aromatic N) is 1. The highest BCUT2D eigenvalue weighted by molar-refractivity contribution is 5.88. The standard InChI is InChI=1S/C16H29N3O2/c1-2-5-15(20)19-11-4-3-6-14(19)16(21)18-13-9-7-12(17)8-10-13/h12-14H,2-11,17H2,1H3,(H,18,21). The summed E-state index contributed by atoms with van der Waals surface area (Å²) < 4.78 is 0. The lowest BCUT2D eigenvalue weighted by Crippen LogP contribution is -2.54. The lowest BCUT2D eigenvalue weighted by Gasteiger charge is -2.36. The van der Waals surface area contributed by atoms with Crippen molar-refractivity contribution < 1.29 is 9.59 Å². The van der Waals surface area contributed by atoms with Gasteiger partial charge in [-0.2, -0.15) is 0 Å². The Balaban J connectivity index is 1.90. The number of nitrogens with one attached hydrogen (secondary N) is 1. The van der Waals surface area contributed by atoms with Crippen molar-refractivity contribution in [1.29, 1.82) is 0 Å². The third-order valence-corrected chi connectivity index (χ3v) is 4.71. The van der Waals surface area contributed by atoms with Gasteiger partial charge in [-0.1, -0.05) is 6.92 Å². The molecule has 0 aromatic rings. The fourth-order valence-electron chi connectivity index (χ4n) is 3.42. The molecule has 0 aromatic carbocycles. The number of carbonyl (C=O) groups excluding carboxylic acids is 2. The molecular weight excluding hydrogens is 266 g/mol. The minimum Gasteiger partial charge on any atom is -0.352 e. The first-order chi connectivity index (χ1) is 10.1. The van der Waals surface area contributed by atoms with Crippen LogP contribution in [0.3, 0.4) is 0 Å². The summed E-state index contributed by atoms with van der Waals surface area (Å²) in [5.41, 5.74) is 5.90. The average molecular weight is 295 g/mol. The van der Waals surface area contributed by atoms with Crippen LogP contribution in [0, 0.1) is 0 Å². The second-order valence-electron chi connectivity index (χ2n) is 6.47. The lowest BCUT2D eigenvalue weighted by atomic mass is 9.91. The summed E-state index contributed by atoms with van der Waals surface area (Å²) in [4.78, 5) is 26.5. The molecule has 0 bridgehead atoms. The van der Waals surface area contributed by atoms with E-state index in [4.69, 9.17) is 5.73 Å². The molecule has 3 N–H and O–H groups in total. The molecule has 21 heavy (non-hydrogen) atoms. The van der Waals surface area contributed by atoms with E-state index < -0.39 is 0 Å². The predicted molar refractivity (Wildman–Crippen MR) is 82.6 cm³/mol. The van der Waals surface area contributed by atoms with E-state index in [1.165, 1.54) is 0 Å². The largest absolute Gasteiger partial charge is 0.352 e. The van der Waals surface area contributed by atoms with Gasteiger partial charge in [0.2, 0.25) is 11.8 Å². The topological polar surface area (TPSA) is 75.4 Å². The number of likely N-dealkylation sites (tertiary alicyclic amines) is 1. The number of piperidine rings is 1. The third kappa shape index (κ3) is 4.43. The first-order valence-corrected chi connectivity index (χ1v) is 8.47. The van der Waals surface area contributed by atoms with Crippen LogP contribution in [-0.4, -0.2) is 41.4 Å². The van der Waals surface area contributed by atoms with E-state index in [0.717, 1.165) is 57.9 Å². The molecule has 2 aliphatic rings. The Bertz CT molecular complexity index is 365.